The van der Waals surface area contributed by atoms with E-state index in [1.807, 2.05) is 0 Å². The number of ether oxygens (including phenoxy) is 1. The summed E-state index contributed by atoms with van der Waals surface area (Å²) in [5.41, 5.74) is -2.51. The summed E-state index contributed by atoms with van der Waals surface area (Å²) < 4.78 is 30.9. The van der Waals surface area contributed by atoms with Crippen molar-refractivity contribution in [1.82, 2.24) is 0 Å². The summed E-state index contributed by atoms with van der Waals surface area (Å²) in [5.74, 6) is -3.26. The number of rotatable bonds is 3. The van der Waals surface area contributed by atoms with Crippen LogP contribution in [0.25, 0.3) is 0 Å². The Morgan fingerprint density at radius 1 is 1.35 bits per heavy atom. The smallest absolute Gasteiger partial charge is 0.314 e. The summed E-state index contributed by atoms with van der Waals surface area (Å²) in [6, 6.07) is 0. The quantitative estimate of drug-likeness (QED) is 0.783. The summed E-state index contributed by atoms with van der Waals surface area (Å²) >= 11 is 0. The fourth-order valence-corrected chi connectivity index (χ4v) is 2.47. The molecule has 1 rings (SSSR count). The second-order valence-corrected chi connectivity index (χ2v) is 5.06. The number of hydrogen-bond donors (Lipinski definition) is 1. The van der Waals surface area contributed by atoms with Crippen molar-refractivity contribution in [3.8, 4) is 0 Å². The van der Waals surface area contributed by atoms with Crippen molar-refractivity contribution < 1.29 is 23.4 Å². The van der Waals surface area contributed by atoms with Gasteiger partial charge in [-0.1, -0.05) is 6.92 Å². The van der Waals surface area contributed by atoms with E-state index in [1.54, 1.807) is 13.8 Å². The van der Waals surface area contributed by atoms with E-state index in [0.717, 1.165) is 0 Å². The Morgan fingerprint density at radius 2 is 1.82 bits per heavy atom. The van der Waals surface area contributed by atoms with E-state index in [2.05, 4.69) is 0 Å². The van der Waals surface area contributed by atoms with Crippen LogP contribution in [0.2, 0.25) is 0 Å². The van der Waals surface area contributed by atoms with Gasteiger partial charge >= 0.3 is 5.97 Å². The average molecular weight is 250 g/mol. The minimum absolute atomic E-state index is 0.0700. The molecule has 0 aliphatic heterocycles. The fourth-order valence-electron chi connectivity index (χ4n) is 2.47. The van der Waals surface area contributed by atoms with E-state index >= 15 is 0 Å². The molecule has 1 fully saturated rings. The maximum absolute atomic E-state index is 13.1. The lowest BCUT2D eigenvalue weighted by Gasteiger charge is -2.46. The molecule has 0 saturated heterocycles. The van der Waals surface area contributed by atoms with Gasteiger partial charge in [0.15, 0.2) is 0 Å². The molecule has 0 aromatic heterocycles. The first kappa shape index (κ1) is 14.4. The Hall–Kier alpha value is -0.710. The molecule has 0 amide bonds. The largest absolute Gasteiger partial charge is 0.469 e. The van der Waals surface area contributed by atoms with Gasteiger partial charge in [-0.25, -0.2) is 8.78 Å². The Labute approximate surface area is 100 Å². The SMILES string of the molecule is CCC(C)(C(=O)OC)C1(O)CCC(F)(F)CC1. The predicted octanol–water partition coefficient (Wildman–Crippen LogP) is 2.52. The number of carbonyl (C=O) groups is 1. The molecule has 0 spiro atoms. The molecule has 3 nitrogen and oxygen atoms in total. The number of esters is 1. The van der Waals surface area contributed by atoms with Gasteiger partial charge in [-0.2, -0.15) is 0 Å². The molecule has 17 heavy (non-hydrogen) atoms. The van der Waals surface area contributed by atoms with Gasteiger partial charge in [0.1, 0.15) is 0 Å². The van der Waals surface area contributed by atoms with E-state index in [4.69, 9.17) is 4.74 Å². The van der Waals surface area contributed by atoms with Gasteiger partial charge in [0.05, 0.1) is 18.1 Å². The van der Waals surface area contributed by atoms with Crippen LogP contribution in [0.4, 0.5) is 8.78 Å². The summed E-state index contributed by atoms with van der Waals surface area (Å²) in [6.07, 6.45) is -0.535. The molecule has 1 N–H and O–H groups in total. The standard InChI is InChI=1S/C12H20F2O3/c1-4-10(2,9(15)17-3)11(16)5-7-12(13,14)8-6-11/h16H,4-8H2,1-3H3. The van der Waals surface area contributed by atoms with Crippen molar-refractivity contribution >= 4 is 5.97 Å². The molecule has 0 radical (unpaired) electrons. The minimum Gasteiger partial charge on any atom is -0.469 e. The van der Waals surface area contributed by atoms with Gasteiger partial charge in [-0.05, 0) is 26.2 Å². The molecule has 1 aliphatic rings. The number of alkyl halides is 2. The molecule has 5 heteroatoms. The lowest BCUT2D eigenvalue weighted by atomic mass is 9.64. The predicted molar refractivity (Wildman–Crippen MR) is 58.8 cm³/mol. The maximum atomic E-state index is 13.1. The van der Waals surface area contributed by atoms with E-state index in [1.165, 1.54) is 7.11 Å². The van der Waals surface area contributed by atoms with Crippen LogP contribution in [-0.4, -0.2) is 29.7 Å². The number of methoxy groups -OCH3 is 1. The van der Waals surface area contributed by atoms with E-state index < -0.39 is 22.9 Å². The van der Waals surface area contributed by atoms with E-state index in [-0.39, 0.29) is 25.7 Å². The van der Waals surface area contributed by atoms with Crippen molar-refractivity contribution in [2.45, 2.75) is 57.5 Å². The molecular weight excluding hydrogens is 230 g/mol. The van der Waals surface area contributed by atoms with E-state index in [0.29, 0.717) is 6.42 Å². The molecule has 0 aromatic carbocycles. The molecule has 100 valence electrons. The summed E-state index contributed by atoms with van der Waals surface area (Å²) in [7, 11) is 1.25. The summed E-state index contributed by atoms with van der Waals surface area (Å²) in [5, 5.41) is 10.5. The normalized spacial score (nSPS) is 26.0. The van der Waals surface area contributed by atoms with Crippen LogP contribution in [-0.2, 0) is 9.53 Å². The maximum Gasteiger partial charge on any atom is 0.314 e. The summed E-state index contributed by atoms with van der Waals surface area (Å²) in [4.78, 5) is 11.8. The Kier molecular flexibility index (Phi) is 3.81. The van der Waals surface area contributed by atoms with Crippen LogP contribution < -0.4 is 0 Å². The highest BCUT2D eigenvalue weighted by atomic mass is 19.3. The Bertz CT molecular complexity index is 294. The van der Waals surface area contributed by atoms with Crippen molar-refractivity contribution in [2.75, 3.05) is 7.11 Å². The van der Waals surface area contributed by atoms with Gasteiger partial charge in [0.25, 0.3) is 0 Å². The Morgan fingerprint density at radius 3 is 2.18 bits per heavy atom. The van der Waals surface area contributed by atoms with Gasteiger partial charge < -0.3 is 9.84 Å². The molecule has 1 saturated carbocycles. The molecule has 1 atom stereocenters. The summed E-state index contributed by atoms with van der Waals surface area (Å²) in [6.45, 7) is 3.34. The molecule has 1 aliphatic carbocycles. The molecular formula is C12H20F2O3. The first-order valence-corrected chi connectivity index (χ1v) is 5.89. The second kappa shape index (κ2) is 4.52. The zero-order valence-electron chi connectivity index (χ0n) is 10.6. The van der Waals surface area contributed by atoms with E-state index in [9.17, 15) is 18.7 Å². The van der Waals surface area contributed by atoms with Gasteiger partial charge in [-0.15, -0.1) is 0 Å². The van der Waals surface area contributed by atoms with Crippen molar-refractivity contribution in [3.63, 3.8) is 0 Å². The van der Waals surface area contributed by atoms with Crippen LogP contribution in [0, 0.1) is 5.41 Å². The molecule has 0 heterocycles. The number of aliphatic hydroxyl groups is 1. The van der Waals surface area contributed by atoms with Crippen molar-refractivity contribution in [2.24, 2.45) is 5.41 Å². The number of hydrogen-bond acceptors (Lipinski definition) is 3. The van der Waals surface area contributed by atoms with Gasteiger partial charge in [0.2, 0.25) is 5.92 Å². The van der Waals surface area contributed by atoms with Crippen LogP contribution in [0.1, 0.15) is 46.0 Å². The lowest BCUT2D eigenvalue weighted by molar-refractivity contribution is -0.188. The third-order valence-corrected chi connectivity index (χ3v) is 4.18. The molecule has 0 bridgehead atoms. The number of halogens is 2. The number of carbonyl (C=O) groups excluding carboxylic acids is 1. The first-order valence-electron chi connectivity index (χ1n) is 5.89. The van der Waals surface area contributed by atoms with Crippen molar-refractivity contribution in [3.05, 3.63) is 0 Å². The second-order valence-electron chi connectivity index (χ2n) is 5.06. The highest BCUT2D eigenvalue weighted by molar-refractivity contribution is 5.77. The minimum atomic E-state index is -2.73. The first-order chi connectivity index (χ1) is 7.71. The lowest BCUT2D eigenvalue weighted by Crippen LogP contribution is -2.54. The third-order valence-electron chi connectivity index (χ3n) is 4.18. The topological polar surface area (TPSA) is 46.5 Å². The van der Waals surface area contributed by atoms with Crippen LogP contribution in [0.3, 0.4) is 0 Å². The average Bonchev–Trinajstić information content (AvgIpc) is 2.31. The zero-order chi connectivity index (χ0) is 13.3. The van der Waals surface area contributed by atoms with Crippen LogP contribution in [0.15, 0.2) is 0 Å². The fraction of sp³-hybridized carbons (Fsp3) is 0.917. The van der Waals surface area contributed by atoms with Crippen LogP contribution >= 0.6 is 0 Å². The van der Waals surface area contributed by atoms with Crippen LogP contribution in [0.5, 0.6) is 0 Å². The monoisotopic (exact) mass is 250 g/mol. The molecule has 1 unspecified atom stereocenters. The van der Waals surface area contributed by atoms with Crippen molar-refractivity contribution in [1.29, 1.82) is 0 Å². The highest BCUT2D eigenvalue weighted by Gasteiger charge is 2.55. The van der Waals surface area contributed by atoms with Gasteiger partial charge in [0, 0.05) is 12.8 Å². The zero-order valence-corrected chi connectivity index (χ0v) is 10.6. The Balaban J connectivity index is 2.93. The molecule has 0 aromatic rings. The van der Waals surface area contributed by atoms with Gasteiger partial charge in [-0.3, -0.25) is 4.79 Å². The highest BCUT2D eigenvalue weighted by Crippen LogP contribution is 2.49. The third kappa shape index (κ3) is 2.44.